The van der Waals surface area contributed by atoms with Crippen molar-refractivity contribution in [3.63, 3.8) is 0 Å². The lowest BCUT2D eigenvalue weighted by molar-refractivity contribution is 0.876. The zero-order valence-electron chi connectivity index (χ0n) is 14.3. The molecule has 0 aliphatic heterocycles. The summed E-state index contributed by atoms with van der Waals surface area (Å²) < 4.78 is 0. The van der Waals surface area contributed by atoms with Crippen LogP contribution >= 0.6 is 0 Å². The molecule has 25 heavy (non-hydrogen) atoms. The number of rotatable bonds is 4. The van der Waals surface area contributed by atoms with Crippen molar-refractivity contribution in [2.75, 3.05) is 5.32 Å². The highest BCUT2D eigenvalue weighted by molar-refractivity contribution is 5.91. The maximum absolute atomic E-state index is 4.45. The number of nitrogens with zero attached hydrogens (tertiary/aromatic N) is 2. The van der Waals surface area contributed by atoms with Gasteiger partial charge in [0.1, 0.15) is 17.8 Å². The topological polar surface area (TPSA) is 53.6 Å². The summed E-state index contributed by atoms with van der Waals surface area (Å²) in [6.07, 6.45) is 1.60. The number of aromatic nitrogens is 3. The SMILES string of the molecule is Cc1ccc(-c2cc3c(N[C@H](C)c4ccccc4)ncnc3[nH]2)cc1. The minimum atomic E-state index is 0.164. The van der Waals surface area contributed by atoms with Crippen LogP contribution in [0.15, 0.2) is 67.0 Å². The number of hydrogen-bond donors (Lipinski definition) is 2. The molecule has 1 atom stereocenters. The number of fused-ring (bicyclic) bond motifs is 1. The van der Waals surface area contributed by atoms with Gasteiger partial charge >= 0.3 is 0 Å². The van der Waals surface area contributed by atoms with E-state index < -0.39 is 0 Å². The number of H-pyrrole nitrogens is 1. The van der Waals surface area contributed by atoms with Gasteiger partial charge in [0.15, 0.2) is 0 Å². The van der Waals surface area contributed by atoms with Gasteiger partial charge < -0.3 is 10.3 Å². The highest BCUT2D eigenvalue weighted by atomic mass is 15.1. The van der Waals surface area contributed by atoms with Gasteiger partial charge in [0.25, 0.3) is 0 Å². The minimum absolute atomic E-state index is 0.164. The Morgan fingerprint density at radius 1 is 0.960 bits per heavy atom. The van der Waals surface area contributed by atoms with Crippen LogP contribution in [0.2, 0.25) is 0 Å². The van der Waals surface area contributed by atoms with Gasteiger partial charge in [-0.1, -0.05) is 60.2 Å². The summed E-state index contributed by atoms with van der Waals surface area (Å²) in [6, 6.07) is 21.1. The Hall–Kier alpha value is -3.14. The van der Waals surface area contributed by atoms with Gasteiger partial charge in [-0.2, -0.15) is 0 Å². The van der Waals surface area contributed by atoms with Crippen LogP contribution in [-0.4, -0.2) is 15.0 Å². The zero-order valence-corrected chi connectivity index (χ0v) is 14.3. The smallest absolute Gasteiger partial charge is 0.143 e. The predicted molar refractivity (Wildman–Crippen MR) is 103 cm³/mol. The number of aryl methyl sites for hydroxylation is 1. The van der Waals surface area contributed by atoms with Crippen LogP contribution < -0.4 is 5.32 Å². The van der Waals surface area contributed by atoms with E-state index in [1.54, 1.807) is 6.33 Å². The van der Waals surface area contributed by atoms with Crippen molar-refractivity contribution in [2.45, 2.75) is 19.9 Å². The van der Waals surface area contributed by atoms with E-state index in [2.05, 4.69) is 88.7 Å². The van der Waals surface area contributed by atoms with Crippen molar-refractivity contribution in [1.82, 2.24) is 15.0 Å². The van der Waals surface area contributed by atoms with Crippen LogP contribution in [0.3, 0.4) is 0 Å². The molecule has 2 N–H and O–H groups in total. The van der Waals surface area contributed by atoms with Crippen molar-refractivity contribution in [3.8, 4) is 11.3 Å². The van der Waals surface area contributed by atoms with E-state index in [-0.39, 0.29) is 6.04 Å². The van der Waals surface area contributed by atoms with Crippen molar-refractivity contribution in [3.05, 3.63) is 78.1 Å². The molecule has 4 nitrogen and oxygen atoms in total. The Morgan fingerprint density at radius 3 is 2.48 bits per heavy atom. The number of aromatic amines is 1. The average molecular weight is 328 g/mol. The Bertz CT molecular complexity index is 988. The van der Waals surface area contributed by atoms with Crippen LogP contribution in [-0.2, 0) is 0 Å². The molecule has 0 saturated heterocycles. The molecule has 0 radical (unpaired) electrons. The molecule has 0 fully saturated rings. The second-order valence-corrected chi connectivity index (χ2v) is 6.31. The third-order valence-corrected chi connectivity index (χ3v) is 4.44. The molecule has 0 amide bonds. The van der Waals surface area contributed by atoms with Gasteiger partial charge in [0.2, 0.25) is 0 Å². The quantitative estimate of drug-likeness (QED) is 0.547. The summed E-state index contributed by atoms with van der Waals surface area (Å²) in [5.74, 6) is 0.843. The number of anilines is 1. The fourth-order valence-electron chi connectivity index (χ4n) is 2.97. The number of benzene rings is 2. The Morgan fingerprint density at radius 2 is 1.72 bits per heavy atom. The van der Waals surface area contributed by atoms with Crippen LogP contribution in [0.4, 0.5) is 5.82 Å². The lowest BCUT2D eigenvalue weighted by atomic mass is 10.1. The lowest BCUT2D eigenvalue weighted by Gasteiger charge is -2.15. The Kier molecular flexibility index (Phi) is 3.94. The van der Waals surface area contributed by atoms with Crippen molar-refractivity contribution < 1.29 is 0 Å². The standard InChI is InChI=1S/C21H20N4/c1-14-8-10-17(11-9-14)19-12-18-20(22-13-23-21(18)25-19)24-15(2)16-6-4-3-5-7-16/h3-13,15H,1-2H3,(H2,22,23,24,25)/t15-/m1/s1. The average Bonchev–Trinajstić information content (AvgIpc) is 3.08. The maximum Gasteiger partial charge on any atom is 0.143 e. The third-order valence-electron chi connectivity index (χ3n) is 4.44. The first-order valence-corrected chi connectivity index (χ1v) is 8.43. The molecule has 0 aliphatic carbocycles. The molecule has 124 valence electrons. The molecule has 2 aromatic heterocycles. The van der Waals surface area contributed by atoms with Gasteiger partial charge in [-0.15, -0.1) is 0 Å². The van der Waals surface area contributed by atoms with E-state index in [1.165, 1.54) is 11.1 Å². The summed E-state index contributed by atoms with van der Waals surface area (Å²) in [5.41, 5.74) is 5.51. The Balaban J connectivity index is 1.69. The summed E-state index contributed by atoms with van der Waals surface area (Å²) >= 11 is 0. The first kappa shape index (κ1) is 15.4. The fourth-order valence-corrected chi connectivity index (χ4v) is 2.97. The molecule has 0 bridgehead atoms. The Labute approximate surface area is 147 Å². The van der Waals surface area contributed by atoms with Gasteiger partial charge in [-0.3, -0.25) is 0 Å². The first-order valence-electron chi connectivity index (χ1n) is 8.43. The normalized spacial score (nSPS) is 12.2. The molecule has 4 rings (SSSR count). The highest BCUT2D eigenvalue weighted by Gasteiger charge is 2.12. The van der Waals surface area contributed by atoms with Crippen LogP contribution in [0.25, 0.3) is 22.3 Å². The summed E-state index contributed by atoms with van der Waals surface area (Å²) in [6.45, 7) is 4.23. The second kappa shape index (κ2) is 6.40. The van der Waals surface area contributed by atoms with E-state index in [0.717, 1.165) is 28.1 Å². The molecule has 4 heteroatoms. The zero-order chi connectivity index (χ0) is 17.2. The molecule has 4 aromatic rings. The van der Waals surface area contributed by atoms with Crippen molar-refractivity contribution in [1.29, 1.82) is 0 Å². The van der Waals surface area contributed by atoms with Gasteiger partial charge in [0.05, 0.1) is 5.39 Å². The molecule has 2 heterocycles. The van der Waals surface area contributed by atoms with Gasteiger partial charge in [0, 0.05) is 11.7 Å². The summed E-state index contributed by atoms with van der Waals surface area (Å²) in [5, 5.41) is 4.50. The molecule has 0 saturated carbocycles. The minimum Gasteiger partial charge on any atom is -0.363 e. The first-order chi connectivity index (χ1) is 12.2. The lowest BCUT2D eigenvalue weighted by Crippen LogP contribution is -2.08. The van der Waals surface area contributed by atoms with Gasteiger partial charge in [-0.05, 0) is 31.0 Å². The fraction of sp³-hybridized carbons (Fsp3) is 0.143. The van der Waals surface area contributed by atoms with Crippen molar-refractivity contribution >= 4 is 16.9 Å². The highest BCUT2D eigenvalue weighted by Crippen LogP contribution is 2.28. The second-order valence-electron chi connectivity index (χ2n) is 6.31. The van der Waals surface area contributed by atoms with Gasteiger partial charge in [-0.25, -0.2) is 9.97 Å². The predicted octanol–water partition coefficient (Wildman–Crippen LogP) is 5.11. The van der Waals surface area contributed by atoms with E-state index >= 15 is 0 Å². The molecular formula is C21H20N4. The van der Waals surface area contributed by atoms with Crippen LogP contribution in [0, 0.1) is 6.92 Å². The van der Waals surface area contributed by atoms with E-state index in [0.29, 0.717) is 0 Å². The summed E-state index contributed by atoms with van der Waals surface area (Å²) in [4.78, 5) is 12.2. The molecule has 0 spiro atoms. The summed E-state index contributed by atoms with van der Waals surface area (Å²) in [7, 11) is 0. The monoisotopic (exact) mass is 328 g/mol. The molecular weight excluding hydrogens is 308 g/mol. The van der Waals surface area contributed by atoms with E-state index in [9.17, 15) is 0 Å². The molecule has 2 aromatic carbocycles. The van der Waals surface area contributed by atoms with E-state index in [4.69, 9.17) is 0 Å². The largest absolute Gasteiger partial charge is 0.363 e. The molecule has 0 unspecified atom stereocenters. The van der Waals surface area contributed by atoms with E-state index in [1.807, 2.05) is 6.07 Å². The third kappa shape index (κ3) is 3.11. The van der Waals surface area contributed by atoms with Crippen LogP contribution in [0.1, 0.15) is 24.1 Å². The number of nitrogens with one attached hydrogen (secondary N) is 2. The number of hydrogen-bond acceptors (Lipinski definition) is 3. The van der Waals surface area contributed by atoms with Crippen molar-refractivity contribution in [2.24, 2.45) is 0 Å². The molecule has 0 aliphatic rings. The van der Waals surface area contributed by atoms with Crippen LogP contribution in [0.5, 0.6) is 0 Å². The maximum atomic E-state index is 4.45.